The predicted molar refractivity (Wildman–Crippen MR) is 45.8 cm³/mol. The first kappa shape index (κ1) is 9.76. The van der Waals surface area contributed by atoms with E-state index in [1.807, 2.05) is 0 Å². The van der Waals surface area contributed by atoms with Gasteiger partial charge in [-0.25, -0.2) is 0 Å². The molecule has 2 rings (SSSR count). The van der Waals surface area contributed by atoms with E-state index in [1.165, 1.54) is 18.2 Å². The van der Waals surface area contributed by atoms with Crippen molar-refractivity contribution in [2.24, 2.45) is 0 Å². The molecular weight excluding hydrogens is 207 g/mol. The van der Waals surface area contributed by atoms with E-state index in [9.17, 15) is 13.2 Å². The van der Waals surface area contributed by atoms with E-state index in [4.69, 9.17) is 4.52 Å². The SMILES string of the molecule is FC(F)(F)c1cccc(-c2c[c]no2)c1. The van der Waals surface area contributed by atoms with E-state index in [2.05, 4.69) is 11.4 Å². The standard InChI is InChI=1S/C10H5F3NO/c11-10(12,13)8-3-1-2-7(6-8)9-4-5-14-15-9/h1-4,6H. The molecule has 0 atom stereocenters. The van der Waals surface area contributed by atoms with Gasteiger partial charge < -0.3 is 4.52 Å². The topological polar surface area (TPSA) is 26.0 Å². The molecule has 0 bridgehead atoms. The van der Waals surface area contributed by atoms with Gasteiger partial charge in [-0.1, -0.05) is 17.3 Å². The van der Waals surface area contributed by atoms with E-state index in [0.29, 0.717) is 5.56 Å². The van der Waals surface area contributed by atoms with Gasteiger partial charge in [0.25, 0.3) is 0 Å². The summed E-state index contributed by atoms with van der Waals surface area (Å²) in [5.41, 5.74) is -0.380. The van der Waals surface area contributed by atoms with Gasteiger partial charge in [-0.2, -0.15) is 13.2 Å². The molecule has 0 saturated carbocycles. The maximum atomic E-state index is 12.4. The van der Waals surface area contributed by atoms with Crippen molar-refractivity contribution in [3.63, 3.8) is 0 Å². The van der Waals surface area contributed by atoms with Crippen LogP contribution in [0.25, 0.3) is 11.3 Å². The highest BCUT2D eigenvalue weighted by atomic mass is 19.4. The normalized spacial score (nSPS) is 11.7. The van der Waals surface area contributed by atoms with Crippen LogP contribution in [-0.2, 0) is 6.18 Å². The Morgan fingerprint density at radius 3 is 2.67 bits per heavy atom. The molecule has 1 aromatic carbocycles. The Kier molecular flexibility index (Phi) is 2.22. The van der Waals surface area contributed by atoms with E-state index in [1.54, 1.807) is 0 Å². The van der Waals surface area contributed by atoms with Crippen LogP contribution < -0.4 is 0 Å². The van der Waals surface area contributed by atoms with Gasteiger partial charge in [0.15, 0.2) is 5.76 Å². The Hall–Kier alpha value is -1.78. The number of alkyl halides is 3. The van der Waals surface area contributed by atoms with Crippen LogP contribution in [0.2, 0.25) is 0 Å². The fraction of sp³-hybridized carbons (Fsp3) is 0.100. The van der Waals surface area contributed by atoms with E-state index < -0.39 is 11.7 Å². The number of benzene rings is 1. The zero-order valence-corrected chi connectivity index (χ0v) is 7.38. The molecule has 0 saturated heterocycles. The highest BCUT2D eigenvalue weighted by molar-refractivity contribution is 5.57. The van der Waals surface area contributed by atoms with E-state index in [-0.39, 0.29) is 5.76 Å². The Balaban J connectivity index is 2.44. The largest absolute Gasteiger partial charge is 0.416 e. The molecule has 0 aliphatic carbocycles. The molecule has 0 aliphatic heterocycles. The molecule has 1 aromatic heterocycles. The van der Waals surface area contributed by atoms with Crippen molar-refractivity contribution in [1.29, 1.82) is 0 Å². The van der Waals surface area contributed by atoms with Crippen molar-refractivity contribution in [2.45, 2.75) is 6.18 Å². The lowest BCUT2D eigenvalue weighted by Crippen LogP contribution is -2.04. The summed E-state index contributed by atoms with van der Waals surface area (Å²) < 4.78 is 41.8. The molecule has 2 nitrogen and oxygen atoms in total. The van der Waals surface area contributed by atoms with Crippen LogP contribution >= 0.6 is 0 Å². The third-order valence-electron chi connectivity index (χ3n) is 1.87. The molecule has 0 unspecified atom stereocenters. The van der Waals surface area contributed by atoms with Crippen LogP contribution in [0, 0.1) is 6.20 Å². The number of hydrogen-bond donors (Lipinski definition) is 0. The van der Waals surface area contributed by atoms with Crippen molar-refractivity contribution >= 4 is 0 Å². The molecule has 1 radical (unpaired) electrons. The first-order valence-electron chi connectivity index (χ1n) is 4.08. The van der Waals surface area contributed by atoms with Crippen LogP contribution in [0.15, 0.2) is 34.9 Å². The molecule has 0 N–H and O–H groups in total. The molecule has 0 spiro atoms. The summed E-state index contributed by atoms with van der Waals surface area (Å²) in [7, 11) is 0. The lowest BCUT2D eigenvalue weighted by molar-refractivity contribution is -0.137. The lowest BCUT2D eigenvalue weighted by atomic mass is 10.1. The Morgan fingerprint density at radius 1 is 1.27 bits per heavy atom. The number of hydrogen-bond acceptors (Lipinski definition) is 2. The van der Waals surface area contributed by atoms with Gasteiger partial charge >= 0.3 is 6.18 Å². The number of rotatable bonds is 1. The summed E-state index contributed by atoms with van der Waals surface area (Å²) in [4.78, 5) is 0. The monoisotopic (exact) mass is 212 g/mol. The quantitative estimate of drug-likeness (QED) is 0.725. The van der Waals surface area contributed by atoms with Gasteiger partial charge in [0, 0.05) is 11.6 Å². The van der Waals surface area contributed by atoms with Crippen molar-refractivity contribution in [2.75, 3.05) is 0 Å². The fourth-order valence-corrected chi connectivity index (χ4v) is 1.17. The van der Waals surface area contributed by atoms with Crippen molar-refractivity contribution in [3.05, 3.63) is 42.1 Å². The zero-order chi connectivity index (χ0) is 10.9. The van der Waals surface area contributed by atoms with Crippen molar-refractivity contribution in [1.82, 2.24) is 5.16 Å². The summed E-state index contributed by atoms with van der Waals surface area (Å²) in [6, 6.07) is 6.23. The molecule has 1 heterocycles. The molecule has 0 aliphatic rings. The maximum absolute atomic E-state index is 12.4. The molecular formula is C10H5F3NO. The second kappa shape index (κ2) is 3.42. The predicted octanol–water partition coefficient (Wildman–Crippen LogP) is 3.16. The molecule has 0 fully saturated rings. The van der Waals surface area contributed by atoms with E-state index >= 15 is 0 Å². The molecule has 5 heteroatoms. The van der Waals surface area contributed by atoms with Crippen LogP contribution in [0.1, 0.15) is 5.56 Å². The van der Waals surface area contributed by atoms with Gasteiger partial charge in [-0.15, -0.1) is 0 Å². The van der Waals surface area contributed by atoms with Crippen LogP contribution in [0.4, 0.5) is 13.2 Å². The van der Waals surface area contributed by atoms with Gasteiger partial charge in [0.2, 0.25) is 0 Å². The summed E-state index contributed by atoms with van der Waals surface area (Å²) in [5.74, 6) is 0.265. The van der Waals surface area contributed by atoms with Gasteiger partial charge in [0.05, 0.1) is 5.56 Å². The van der Waals surface area contributed by atoms with Crippen LogP contribution in [0.5, 0.6) is 0 Å². The van der Waals surface area contributed by atoms with E-state index in [0.717, 1.165) is 12.1 Å². The maximum Gasteiger partial charge on any atom is 0.416 e. The lowest BCUT2D eigenvalue weighted by Gasteiger charge is -2.06. The van der Waals surface area contributed by atoms with Crippen molar-refractivity contribution < 1.29 is 17.7 Å². The second-order valence-corrected chi connectivity index (χ2v) is 2.90. The molecule has 2 aromatic rings. The second-order valence-electron chi connectivity index (χ2n) is 2.90. The molecule has 0 amide bonds. The fourth-order valence-electron chi connectivity index (χ4n) is 1.17. The van der Waals surface area contributed by atoms with Crippen LogP contribution in [0.3, 0.4) is 0 Å². The highest BCUT2D eigenvalue weighted by Gasteiger charge is 2.30. The van der Waals surface area contributed by atoms with Gasteiger partial charge in [0.1, 0.15) is 6.20 Å². The average Bonchev–Trinajstić information content (AvgIpc) is 2.69. The Morgan fingerprint density at radius 2 is 2.07 bits per heavy atom. The highest BCUT2D eigenvalue weighted by Crippen LogP contribution is 2.31. The first-order valence-corrected chi connectivity index (χ1v) is 4.08. The van der Waals surface area contributed by atoms with Gasteiger partial charge in [-0.05, 0) is 12.1 Å². The average molecular weight is 212 g/mol. The molecule has 77 valence electrons. The smallest absolute Gasteiger partial charge is 0.356 e. The third-order valence-corrected chi connectivity index (χ3v) is 1.87. The summed E-state index contributed by atoms with van der Waals surface area (Å²) in [5, 5.41) is 3.31. The van der Waals surface area contributed by atoms with Crippen LogP contribution in [-0.4, -0.2) is 5.16 Å². The minimum Gasteiger partial charge on any atom is -0.356 e. The van der Waals surface area contributed by atoms with Gasteiger partial charge in [-0.3, -0.25) is 0 Å². The summed E-state index contributed by atoms with van der Waals surface area (Å²) in [6.07, 6.45) is -1.96. The molecule has 15 heavy (non-hydrogen) atoms. The number of nitrogens with zero attached hydrogens (tertiary/aromatic N) is 1. The number of aromatic nitrogens is 1. The Bertz CT molecular complexity index is 448. The Labute approximate surface area is 83.3 Å². The van der Waals surface area contributed by atoms with Crippen molar-refractivity contribution in [3.8, 4) is 11.3 Å². The minimum atomic E-state index is -4.35. The number of halogens is 3. The zero-order valence-electron chi connectivity index (χ0n) is 7.38. The minimum absolute atomic E-state index is 0.265. The summed E-state index contributed by atoms with van der Waals surface area (Å²) in [6.45, 7) is 0. The summed E-state index contributed by atoms with van der Waals surface area (Å²) >= 11 is 0. The first-order chi connectivity index (χ1) is 7.07. The third kappa shape index (κ3) is 2.01.